The molecule has 0 bridgehead atoms. The molecule has 1 saturated heterocycles. The summed E-state index contributed by atoms with van der Waals surface area (Å²) in [5.41, 5.74) is 0. The van der Waals surface area contributed by atoms with Gasteiger partial charge < -0.3 is 4.74 Å². The van der Waals surface area contributed by atoms with E-state index in [1.165, 1.54) is 32.4 Å². The Kier molecular flexibility index (Phi) is 3.87. The van der Waals surface area contributed by atoms with Crippen LogP contribution in [0.4, 0.5) is 0 Å². The molecule has 0 unspecified atom stereocenters. The first-order chi connectivity index (χ1) is 5.34. The van der Waals surface area contributed by atoms with Crippen LogP contribution in [0.15, 0.2) is 0 Å². The lowest BCUT2D eigenvalue weighted by Gasteiger charge is -2.31. The highest BCUT2D eigenvalue weighted by Crippen LogP contribution is 2.11. The Bertz CT molecular complexity index is 99.7. The van der Waals surface area contributed by atoms with E-state index in [4.69, 9.17) is 4.74 Å². The Balaban J connectivity index is 2.21. The minimum atomic E-state index is 0.611. The molecule has 2 nitrogen and oxygen atoms in total. The van der Waals surface area contributed by atoms with Crippen molar-refractivity contribution in [3.63, 3.8) is 0 Å². The van der Waals surface area contributed by atoms with E-state index in [1.54, 1.807) is 7.11 Å². The van der Waals surface area contributed by atoms with Crippen LogP contribution in [-0.2, 0) is 4.74 Å². The van der Waals surface area contributed by atoms with Gasteiger partial charge in [0, 0.05) is 13.2 Å². The van der Waals surface area contributed by atoms with Gasteiger partial charge in [0.15, 0.2) is 0 Å². The van der Waals surface area contributed by atoms with Gasteiger partial charge in [-0.15, -0.1) is 0 Å². The lowest BCUT2D eigenvalue weighted by Crippen LogP contribution is -2.39. The molecular weight excluding hydrogens is 138 g/mol. The second-order valence-corrected chi connectivity index (χ2v) is 3.40. The average Bonchev–Trinajstić information content (AvgIpc) is 2.07. The summed E-state index contributed by atoms with van der Waals surface area (Å²) in [7, 11) is 1.78. The predicted octanol–water partition coefficient (Wildman–Crippen LogP) is 1.51. The normalized spacial score (nSPS) is 23.5. The van der Waals surface area contributed by atoms with Crippen LogP contribution < -0.4 is 0 Å². The van der Waals surface area contributed by atoms with E-state index in [0.717, 1.165) is 6.61 Å². The van der Waals surface area contributed by atoms with E-state index in [1.807, 2.05) is 0 Å². The Morgan fingerprint density at radius 2 is 1.91 bits per heavy atom. The van der Waals surface area contributed by atoms with Crippen molar-refractivity contribution in [3.05, 3.63) is 0 Å². The third kappa shape index (κ3) is 2.80. The maximum absolute atomic E-state index is 5.12. The molecule has 1 fully saturated rings. The second kappa shape index (κ2) is 4.73. The molecular formula is C9H19NO. The number of ether oxygens (including phenoxy) is 1. The van der Waals surface area contributed by atoms with Crippen LogP contribution in [0.1, 0.15) is 26.2 Å². The lowest BCUT2D eigenvalue weighted by molar-refractivity contribution is 0.0864. The molecule has 0 radical (unpaired) electrons. The summed E-state index contributed by atoms with van der Waals surface area (Å²) in [5.74, 6) is 0. The van der Waals surface area contributed by atoms with Crippen molar-refractivity contribution < 1.29 is 4.74 Å². The number of piperidine rings is 1. The van der Waals surface area contributed by atoms with E-state index in [2.05, 4.69) is 11.8 Å². The molecule has 0 saturated carbocycles. The van der Waals surface area contributed by atoms with E-state index >= 15 is 0 Å². The Morgan fingerprint density at radius 3 is 2.45 bits per heavy atom. The maximum Gasteiger partial charge on any atom is 0.0615 e. The van der Waals surface area contributed by atoms with Crippen LogP contribution >= 0.6 is 0 Å². The Morgan fingerprint density at radius 1 is 1.27 bits per heavy atom. The average molecular weight is 157 g/mol. The van der Waals surface area contributed by atoms with Gasteiger partial charge in [0.2, 0.25) is 0 Å². The molecule has 66 valence electrons. The van der Waals surface area contributed by atoms with Gasteiger partial charge in [0.05, 0.1) is 6.61 Å². The minimum Gasteiger partial charge on any atom is -0.383 e. The van der Waals surface area contributed by atoms with Crippen molar-refractivity contribution in [2.75, 3.05) is 26.8 Å². The number of nitrogens with zero attached hydrogens (tertiary/aromatic N) is 1. The fourth-order valence-corrected chi connectivity index (χ4v) is 1.71. The molecule has 0 aromatic heterocycles. The summed E-state index contributed by atoms with van der Waals surface area (Å²) < 4.78 is 5.12. The van der Waals surface area contributed by atoms with Gasteiger partial charge >= 0.3 is 0 Å². The van der Waals surface area contributed by atoms with Crippen molar-refractivity contribution in [3.8, 4) is 0 Å². The maximum atomic E-state index is 5.12. The molecule has 0 N–H and O–H groups in total. The zero-order chi connectivity index (χ0) is 8.10. The summed E-state index contributed by atoms with van der Waals surface area (Å²) in [5, 5.41) is 0. The minimum absolute atomic E-state index is 0.611. The fraction of sp³-hybridized carbons (Fsp3) is 1.00. The molecule has 1 aliphatic rings. The largest absolute Gasteiger partial charge is 0.383 e. The van der Waals surface area contributed by atoms with Gasteiger partial charge in [-0.2, -0.15) is 0 Å². The summed E-state index contributed by atoms with van der Waals surface area (Å²) in [6.45, 7) is 5.66. The smallest absolute Gasteiger partial charge is 0.0615 e. The topological polar surface area (TPSA) is 12.5 Å². The molecule has 0 amide bonds. The highest BCUT2D eigenvalue weighted by Gasteiger charge is 2.15. The van der Waals surface area contributed by atoms with Crippen molar-refractivity contribution in [1.82, 2.24) is 4.90 Å². The first kappa shape index (κ1) is 9.01. The summed E-state index contributed by atoms with van der Waals surface area (Å²) in [6.07, 6.45) is 4.15. The molecule has 1 rings (SSSR count). The molecule has 11 heavy (non-hydrogen) atoms. The van der Waals surface area contributed by atoms with Gasteiger partial charge in [-0.05, 0) is 32.9 Å². The standard InChI is InChI=1S/C9H19NO/c1-9(8-11-2)10-6-4-3-5-7-10/h9H,3-8H2,1-2H3/t9-/m0/s1. The van der Waals surface area contributed by atoms with E-state index in [-0.39, 0.29) is 0 Å². The molecule has 1 atom stereocenters. The molecule has 1 aliphatic heterocycles. The zero-order valence-electron chi connectivity index (χ0n) is 7.68. The SMILES string of the molecule is COC[C@H](C)N1CCCCC1. The third-order valence-electron chi connectivity index (χ3n) is 2.42. The Hall–Kier alpha value is -0.0800. The molecule has 0 aromatic rings. The lowest BCUT2D eigenvalue weighted by atomic mass is 10.1. The monoisotopic (exact) mass is 157 g/mol. The number of hydrogen-bond donors (Lipinski definition) is 0. The van der Waals surface area contributed by atoms with Crippen LogP contribution in [0.2, 0.25) is 0 Å². The zero-order valence-corrected chi connectivity index (χ0v) is 7.68. The number of hydrogen-bond acceptors (Lipinski definition) is 2. The van der Waals surface area contributed by atoms with Crippen LogP contribution in [-0.4, -0.2) is 37.7 Å². The molecule has 0 aliphatic carbocycles. The Labute approximate surface area is 69.5 Å². The van der Waals surface area contributed by atoms with E-state index in [9.17, 15) is 0 Å². The van der Waals surface area contributed by atoms with Crippen LogP contribution in [0.25, 0.3) is 0 Å². The molecule has 2 heteroatoms. The van der Waals surface area contributed by atoms with Crippen LogP contribution in [0.5, 0.6) is 0 Å². The third-order valence-corrected chi connectivity index (χ3v) is 2.42. The predicted molar refractivity (Wildman–Crippen MR) is 46.8 cm³/mol. The first-order valence-electron chi connectivity index (χ1n) is 4.57. The van der Waals surface area contributed by atoms with Crippen molar-refractivity contribution >= 4 is 0 Å². The van der Waals surface area contributed by atoms with Crippen molar-refractivity contribution in [1.29, 1.82) is 0 Å². The van der Waals surface area contributed by atoms with Crippen LogP contribution in [0, 0.1) is 0 Å². The fourth-order valence-electron chi connectivity index (χ4n) is 1.71. The molecule has 1 heterocycles. The van der Waals surface area contributed by atoms with Crippen molar-refractivity contribution in [2.24, 2.45) is 0 Å². The summed E-state index contributed by atoms with van der Waals surface area (Å²) in [4.78, 5) is 2.52. The van der Waals surface area contributed by atoms with Gasteiger partial charge in [-0.3, -0.25) is 4.90 Å². The molecule has 0 aromatic carbocycles. The van der Waals surface area contributed by atoms with Crippen LogP contribution in [0.3, 0.4) is 0 Å². The highest BCUT2D eigenvalue weighted by atomic mass is 16.5. The summed E-state index contributed by atoms with van der Waals surface area (Å²) in [6, 6.07) is 0.611. The first-order valence-corrected chi connectivity index (χ1v) is 4.57. The molecule has 0 spiro atoms. The number of rotatable bonds is 3. The second-order valence-electron chi connectivity index (χ2n) is 3.40. The number of likely N-dealkylation sites (tertiary alicyclic amines) is 1. The van der Waals surface area contributed by atoms with Crippen molar-refractivity contribution in [2.45, 2.75) is 32.2 Å². The quantitative estimate of drug-likeness (QED) is 0.615. The van der Waals surface area contributed by atoms with E-state index in [0.29, 0.717) is 6.04 Å². The van der Waals surface area contributed by atoms with Gasteiger partial charge in [-0.25, -0.2) is 0 Å². The highest BCUT2D eigenvalue weighted by molar-refractivity contribution is 4.70. The van der Waals surface area contributed by atoms with E-state index < -0.39 is 0 Å². The summed E-state index contributed by atoms with van der Waals surface area (Å²) >= 11 is 0. The number of methoxy groups -OCH3 is 1. The van der Waals surface area contributed by atoms with Gasteiger partial charge in [0.25, 0.3) is 0 Å². The van der Waals surface area contributed by atoms with Gasteiger partial charge in [0.1, 0.15) is 0 Å². The van der Waals surface area contributed by atoms with Gasteiger partial charge in [-0.1, -0.05) is 6.42 Å².